The first kappa shape index (κ1) is 17.2. The topological polar surface area (TPSA) is 89.8 Å². The molecule has 0 unspecified atom stereocenters. The van der Waals surface area contributed by atoms with Crippen molar-refractivity contribution in [2.75, 3.05) is 26.3 Å². The van der Waals surface area contributed by atoms with Crippen LogP contribution in [-0.4, -0.2) is 38.1 Å². The predicted molar refractivity (Wildman–Crippen MR) is 90.2 cm³/mol. The molecule has 0 spiro atoms. The minimum atomic E-state index is -0.321. The highest BCUT2D eigenvalue weighted by molar-refractivity contribution is 6.32. The largest absolute Gasteiger partial charge is 0.486 e. The number of furan rings is 1. The van der Waals surface area contributed by atoms with Gasteiger partial charge in [-0.25, -0.2) is 0 Å². The number of halogens is 1. The van der Waals surface area contributed by atoms with Crippen molar-refractivity contribution < 1.29 is 23.5 Å². The molecule has 2 N–H and O–H groups in total. The molecule has 2 aromatic rings. The summed E-state index contributed by atoms with van der Waals surface area (Å²) < 4.78 is 15.9. The minimum Gasteiger partial charge on any atom is -0.486 e. The predicted octanol–water partition coefficient (Wildman–Crippen LogP) is 1.79. The number of fused-ring (bicyclic) bond motifs is 1. The van der Waals surface area contributed by atoms with Crippen LogP contribution in [0, 0.1) is 0 Å². The van der Waals surface area contributed by atoms with Gasteiger partial charge in [0.05, 0.1) is 17.7 Å². The zero-order chi connectivity index (χ0) is 17.6. The zero-order valence-electron chi connectivity index (χ0n) is 13.3. The van der Waals surface area contributed by atoms with E-state index in [0.717, 1.165) is 5.56 Å². The third-order valence-electron chi connectivity index (χ3n) is 3.50. The van der Waals surface area contributed by atoms with Crippen LogP contribution in [0.3, 0.4) is 0 Å². The molecule has 7 nitrogen and oxygen atoms in total. The fourth-order valence-electron chi connectivity index (χ4n) is 2.39. The van der Waals surface area contributed by atoms with E-state index < -0.39 is 0 Å². The normalized spacial score (nSPS) is 12.5. The first-order chi connectivity index (χ1) is 12.1. The maximum Gasteiger partial charge on any atom is 0.287 e. The Balaban J connectivity index is 1.45. The minimum absolute atomic E-state index is 0.155. The summed E-state index contributed by atoms with van der Waals surface area (Å²) in [6.45, 7) is 1.52. The maximum absolute atomic E-state index is 12.0. The highest BCUT2D eigenvalue weighted by Crippen LogP contribution is 2.38. The van der Waals surface area contributed by atoms with Crippen molar-refractivity contribution in [3.8, 4) is 11.5 Å². The Morgan fingerprint density at radius 1 is 1.12 bits per heavy atom. The lowest BCUT2D eigenvalue weighted by Crippen LogP contribution is -2.35. The molecule has 2 heterocycles. The molecule has 0 radical (unpaired) electrons. The number of benzene rings is 1. The first-order valence-corrected chi connectivity index (χ1v) is 8.17. The van der Waals surface area contributed by atoms with Crippen LogP contribution in [0.1, 0.15) is 16.1 Å². The second-order valence-electron chi connectivity index (χ2n) is 5.36. The standard InChI is InChI=1S/C17H17ClN2O5/c18-12-8-11(9-14-16(12)25-7-6-24-14)10-15(21)19-3-4-20-17(22)13-2-1-5-23-13/h1-2,5,8-9H,3-4,6-7,10H2,(H,19,21)(H,20,22). The Hall–Kier alpha value is -2.67. The van der Waals surface area contributed by atoms with Crippen LogP contribution in [0.5, 0.6) is 11.5 Å². The second-order valence-corrected chi connectivity index (χ2v) is 5.77. The number of hydrogen-bond donors (Lipinski definition) is 2. The summed E-state index contributed by atoms with van der Waals surface area (Å²) in [7, 11) is 0. The molecule has 0 fully saturated rings. The van der Waals surface area contributed by atoms with E-state index in [4.69, 9.17) is 25.5 Å². The van der Waals surface area contributed by atoms with Crippen molar-refractivity contribution in [2.24, 2.45) is 0 Å². The summed E-state index contributed by atoms with van der Waals surface area (Å²) in [6.07, 6.45) is 1.58. The van der Waals surface area contributed by atoms with E-state index in [1.54, 1.807) is 24.3 Å². The van der Waals surface area contributed by atoms with Gasteiger partial charge in [-0.15, -0.1) is 0 Å². The highest BCUT2D eigenvalue weighted by atomic mass is 35.5. The van der Waals surface area contributed by atoms with Crippen molar-refractivity contribution in [2.45, 2.75) is 6.42 Å². The fraction of sp³-hybridized carbons (Fsp3) is 0.294. The second kappa shape index (κ2) is 7.94. The van der Waals surface area contributed by atoms with E-state index in [-0.39, 0.29) is 24.0 Å². The number of hydrogen-bond acceptors (Lipinski definition) is 5. The van der Waals surface area contributed by atoms with Gasteiger partial charge in [0.15, 0.2) is 17.3 Å². The molecule has 1 aromatic heterocycles. The quantitative estimate of drug-likeness (QED) is 0.763. The lowest BCUT2D eigenvalue weighted by atomic mass is 10.1. The van der Waals surface area contributed by atoms with Crippen LogP contribution in [0.4, 0.5) is 0 Å². The van der Waals surface area contributed by atoms with Gasteiger partial charge in [-0.3, -0.25) is 9.59 Å². The van der Waals surface area contributed by atoms with Gasteiger partial charge in [0.25, 0.3) is 5.91 Å². The SMILES string of the molecule is O=C(Cc1cc(Cl)c2c(c1)OCCO2)NCCNC(=O)c1ccco1. The average molecular weight is 365 g/mol. The molecule has 8 heteroatoms. The number of ether oxygens (including phenoxy) is 2. The molecule has 132 valence electrons. The van der Waals surface area contributed by atoms with Gasteiger partial charge in [-0.2, -0.15) is 0 Å². The Labute approximate surface area is 149 Å². The Kier molecular flexibility index (Phi) is 5.45. The number of rotatable bonds is 6. The van der Waals surface area contributed by atoms with Crippen LogP contribution in [-0.2, 0) is 11.2 Å². The van der Waals surface area contributed by atoms with Crippen molar-refractivity contribution in [3.63, 3.8) is 0 Å². The Morgan fingerprint density at radius 3 is 2.72 bits per heavy atom. The molecule has 0 saturated carbocycles. The van der Waals surface area contributed by atoms with E-state index in [2.05, 4.69) is 10.6 Å². The summed E-state index contributed by atoms with van der Waals surface area (Å²) in [6, 6.07) is 6.64. The lowest BCUT2D eigenvalue weighted by Gasteiger charge is -2.20. The number of nitrogens with one attached hydrogen (secondary N) is 2. The van der Waals surface area contributed by atoms with Gasteiger partial charge in [0.1, 0.15) is 13.2 Å². The Bertz CT molecular complexity index is 761. The first-order valence-electron chi connectivity index (χ1n) is 7.80. The Morgan fingerprint density at radius 2 is 1.92 bits per heavy atom. The van der Waals surface area contributed by atoms with Crippen molar-refractivity contribution >= 4 is 23.4 Å². The van der Waals surface area contributed by atoms with E-state index in [1.807, 2.05) is 0 Å². The van der Waals surface area contributed by atoms with Crippen LogP contribution >= 0.6 is 11.6 Å². The molecule has 0 bridgehead atoms. The third-order valence-corrected chi connectivity index (χ3v) is 3.78. The van der Waals surface area contributed by atoms with Crippen LogP contribution in [0.2, 0.25) is 5.02 Å². The van der Waals surface area contributed by atoms with Gasteiger partial charge in [-0.1, -0.05) is 11.6 Å². The summed E-state index contributed by atoms with van der Waals surface area (Å²) in [5, 5.41) is 5.80. The van der Waals surface area contributed by atoms with Crippen LogP contribution in [0.25, 0.3) is 0 Å². The van der Waals surface area contributed by atoms with E-state index >= 15 is 0 Å². The maximum atomic E-state index is 12.0. The molecular weight excluding hydrogens is 348 g/mol. The number of carbonyl (C=O) groups is 2. The van der Waals surface area contributed by atoms with Crippen molar-refractivity contribution in [1.29, 1.82) is 0 Å². The van der Waals surface area contributed by atoms with Crippen molar-refractivity contribution in [1.82, 2.24) is 10.6 Å². The van der Waals surface area contributed by atoms with Gasteiger partial charge in [0.2, 0.25) is 5.91 Å². The van der Waals surface area contributed by atoms with E-state index in [0.29, 0.717) is 42.8 Å². The molecule has 2 amide bonds. The molecule has 25 heavy (non-hydrogen) atoms. The smallest absolute Gasteiger partial charge is 0.287 e. The third kappa shape index (κ3) is 4.45. The van der Waals surface area contributed by atoms with E-state index in [9.17, 15) is 9.59 Å². The zero-order valence-corrected chi connectivity index (χ0v) is 14.1. The van der Waals surface area contributed by atoms with Gasteiger partial charge in [0, 0.05) is 13.1 Å². The summed E-state index contributed by atoms with van der Waals surface area (Å²) in [5.41, 5.74) is 0.728. The molecule has 0 atom stereocenters. The number of amides is 2. The number of carbonyl (C=O) groups excluding carboxylic acids is 2. The fourth-order valence-corrected chi connectivity index (χ4v) is 2.67. The van der Waals surface area contributed by atoms with Crippen molar-refractivity contribution in [3.05, 3.63) is 46.9 Å². The monoisotopic (exact) mass is 364 g/mol. The van der Waals surface area contributed by atoms with E-state index in [1.165, 1.54) is 6.26 Å². The summed E-state index contributed by atoms with van der Waals surface area (Å²) in [5.74, 6) is 0.792. The van der Waals surface area contributed by atoms with Gasteiger partial charge in [-0.05, 0) is 29.8 Å². The van der Waals surface area contributed by atoms with Gasteiger partial charge < -0.3 is 24.5 Å². The van der Waals surface area contributed by atoms with Gasteiger partial charge >= 0.3 is 0 Å². The van der Waals surface area contributed by atoms with Crippen LogP contribution < -0.4 is 20.1 Å². The average Bonchev–Trinajstić information content (AvgIpc) is 3.13. The lowest BCUT2D eigenvalue weighted by molar-refractivity contribution is -0.120. The molecule has 1 aromatic carbocycles. The summed E-state index contributed by atoms with van der Waals surface area (Å²) in [4.78, 5) is 23.7. The molecule has 1 aliphatic rings. The summed E-state index contributed by atoms with van der Waals surface area (Å²) >= 11 is 6.15. The molecule has 1 aliphatic heterocycles. The van der Waals surface area contributed by atoms with Crippen LogP contribution in [0.15, 0.2) is 34.9 Å². The molecule has 0 saturated heterocycles. The molecular formula is C17H17ClN2O5. The molecule has 0 aliphatic carbocycles. The molecule has 3 rings (SSSR count). The highest BCUT2D eigenvalue weighted by Gasteiger charge is 2.17.